The molecule has 0 spiro atoms. The topological polar surface area (TPSA) is 15.3 Å². The second-order valence-electron chi connectivity index (χ2n) is 9.57. The fourth-order valence-electron chi connectivity index (χ4n) is 4.98. The average molecular weight is 280 g/mol. The molecule has 1 aliphatic heterocycles. The van der Waals surface area contributed by atoms with Crippen molar-refractivity contribution in [2.24, 2.45) is 10.8 Å². The van der Waals surface area contributed by atoms with E-state index in [1.165, 1.54) is 32.2 Å². The van der Waals surface area contributed by atoms with Crippen molar-refractivity contribution in [3.8, 4) is 0 Å². The highest BCUT2D eigenvalue weighted by Gasteiger charge is 2.44. The Morgan fingerprint density at radius 1 is 1.00 bits per heavy atom. The third-order valence-corrected chi connectivity index (χ3v) is 5.34. The van der Waals surface area contributed by atoms with Gasteiger partial charge in [-0.2, -0.15) is 0 Å². The normalized spacial score (nSPS) is 34.0. The Balaban J connectivity index is 2.18. The number of rotatable bonds is 2. The molecule has 0 bridgehead atoms. The fourth-order valence-corrected chi connectivity index (χ4v) is 4.98. The van der Waals surface area contributed by atoms with Crippen LogP contribution in [0.5, 0.6) is 0 Å². The van der Waals surface area contributed by atoms with E-state index in [2.05, 4.69) is 58.7 Å². The maximum Gasteiger partial charge on any atom is 0.0253 e. The van der Waals surface area contributed by atoms with Crippen molar-refractivity contribution in [2.75, 3.05) is 13.1 Å². The van der Waals surface area contributed by atoms with Gasteiger partial charge in [0.1, 0.15) is 0 Å². The van der Waals surface area contributed by atoms with Crippen LogP contribution in [0.1, 0.15) is 74.1 Å². The van der Waals surface area contributed by atoms with E-state index in [0.29, 0.717) is 10.8 Å². The standard InChI is InChI=1S/C18H36N2/c1-8-14-11-19-18(6,7)13-20(14)15-9-16(2,3)12-17(4,5)10-15/h14-15,19H,8-13H2,1-7H3. The molecular formula is C18H36N2. The molecule has 118 valence electrons. The zero-order valence-corrected chi connectivity index (χ0v) is 14.8. The highest BCUT2D eigenvalue weighted by molar-refractivity contribution is 4.99. The molecule has 2 rings (SSSR count). The molecule has 1 N–H and O–H groups in total. The van der Waals surface area contributed by atoms with Gasteiger partial charge in [-0.3, -0.25) is 4.90 Å². The molecule has 2 heteroatoms. The van der Waals surface area contributed by atoms with Crippen LogP contribution >= 0.6 is 0 Å². The lowest BCUT2D eigenvalue weighted by atomic mass is 9.63. The molecule has 1 unspecified atom stereocenters. The van der Waals surface area contributed by atoms with Gasteiger partial charge in [-0.25, -0.2) is 0 Å². The maximum absolute atomic E-state index is 3.73. The first-order valence-corrected chi connectivity index (χ1v) is 8.54. The van der Waals surface area contributed by atoms with Crippen LogP contribution in [0.15, 0.2) is 0 Å². The van der Waals surface area contributed by atoms with Crippen LogP contribution in [0.3, 0.4) is 0 Å². The van der Waals surface area contributed by atoms with Gasteiger partial charge in [0.05, 0.1) is 0 Å². The fraction of sp³-hybridized carbons (Fsp3) is 1.00. The van der Waals surface area contributed by atoms with E-state index in [1.54, 1.807) is 0 Å². The summed E-state index contributed by atoms with van der Waals surface area (Å²) in [5.74, 6) is 0. The number of hydrogen-bond acceptors (Lipinski definition) is 2. The van der Waals surface area contributed by atoms with Gasteiger partial charge in [-0.05, 0) is 50.4 Å². The van der Waals surface area contributed by atoms with Crippen molar-refractivity contribution in [3.05, 3.63) is 0 Å². The number of nitrogens with one attached hydrogen (secondary N) is 1. The molecule has 20 heavy (non-hydrogen) atoms. The summed E-state index contributed by atoms with van der Waals surface area (Å²) in [6.45, 7) is 19.3. The van der Waals surface area contributed by atoms with Crippen molar-refractivity contribution in [1.29, 1.82) is 0 Å². The molecule has 1 heterocycles. The molecule has 0 aromatic carbocycles. The minimum absolute atomic E-state index is 0.261. The molecule has 0 aromatic rings. The summed E-state index contributed by atoms with van der Waals surface area (Å²) in [5.41, 5.74) is 1.23. The predicted molar refractivity (Wildman–Crippen MR) is 88.1 cm³/mol. The summed E-state index contributed by atoms with van der Waals surface area (Å²) in [5, 5.41) is 3.73. The quantitative estimate of drug-likeness (QED) is 0.821. The molecule has 2 fully saturated rings. The third kappa shape index (κ3) is 3.76. The molecule has 2 aliphatic rings. The highest BCUT2D eigenvalue weighted by atomic mass is 15.3. The molecule has 0 amide bonds. The van der Waals surface area contributed by atoms with Gasteiger partial charge in [0.2, 0.25) is 0 Å². The lowest BCUT2D eigenvalue weighted by Crippen LogP contribution is -2.65. The Morgan fingerprint density at radius 3 is 2.05 bits per heavy atom. The summed E-state index contributed by atoms with van der Waals surface area (Å²) in [6, 6.07) is 1.48. The maximum atomic E-state index is 3.73. The Kier molecular flexibility index (Phi) is 4.30. The van der Waals surface area contributed by atoms with Gasteiger partial charge in [0, 0.05) is 30.7 Å². The lowest BCUT2D eigenvalue weighted by molar-refractivity contribution is -0.0244. The summed E-state index contributed by atoms with van der Waals surface area (Å²) in [7, 11) is 0. The summed E-state index contributed by atoms with van der Waals surface area (Å²) >= 11 is 0. The molecular weight excluding hydrogens is 244 g/mol. The van der Waals surface area contributed by atoms with Gasteiger partial charge in [-0.15, -0.1) is 0 Å². The summed E-state index contributed by atoms with van der Waals surface area (Å²) in [4.78, 5) is 2.85. The molecule has 0 radical (unpaired) electrons. The zero-order valence-electron chi connectivity index (χ0n) is 14.8. The van der Waals surface area contributed by atoms with E-state index >= 15 is 0 Å². The smallest absolute Gasteiger partial charge is 0.0253 e. The van der Waals surface area contributed by atoms with Crippen molar-refractivity contribution in [1.82, 2.24) is 10.2 Å². The SMILES string of the molecule is CCC1CNC(C)(C)CN1C1CC(C)(C)CC(C)(C)C1. The molecule has 1 atom stereocenters. The van der Waals surface area contributed by atoms with E-state index in [0.717, 1.165) is 18.6 Å². The van der Waals surface area contributed by atoms with Crippen molar-refractivity contribution in [3.63, 3.8) is 0 Å². The van der Waals surface area contributed by atoms with Crippen LogP contribution in [-0.4, -0.2) is 35.6 Å². The third-order valence-electron chi connectivity index (χ3n) is 5.34. The van der Waals surface area contributed by atoms with E-state index in [-0.39, 0.29) is 5.54 Å². The van der Waals surface area contributed by atoms with E-state index in [1.807, 2.05) is 0 Å². The molecule has 1 saturated carbocycles. The largest absolute Gasteiger partial charge is 0.309 e. The lowest BCUT2D eigenvalue weighted by Gasteiger charge is -2.54. The van der Waals surface area contributed by atoms with Crippen LogP contribution in [0.25, 0.3) is 0 Å². The van der Waals surface area contributed by atoms with Crippen LogP contribution in [0.4, 0.5) is 0 Å². The van der Waals surface area contributed by atoms with E-state index in [9.17, 15) is 0 Å². The van der Waals surface area contributed by atoms with Crippen molar-refractivity contribution < 1.29 is 0 Å². The van der Waals surface area contributed by atoms with E-state index < -0.39 is 0 Å². The Hall–Kier alpha value is -0.0800. The summed E-state index contributed by atoms with van der Waals surface area (Å²) in [6.07, 6.45) is 5.36. The first kappa shape index (κ1) is 16.3. The van der Waals surface area contributed by atoms with Gasteiger partial charge < -0.3 is 5.32 Å². The summed E-state index contributed by atoms with van der Waals surface area (Å²) < 4.78 is 0. The van der Waals surface area contributed by atoms with Crippen LogP contribution in [-0.2, 0) is 0 Å². The zero-order chi connectivity index (χ0) is 15.2. The average Bonchev–Trinajstić information content (AvgIpc) is 2.23. The van der Waals surface area contributed by atoms with Gasteiger partial charge in [-0.1, -0.05) is 34.6 Å². The molecule has 1 saturated heterocycles. The minimum Gasteiger partial charge on any atom is -0.309 e. The molecule has 1 aliphatic carbocycles. The predicted octanol–water partition coefficient (Wildman–Crippen LogP) is 4.05. The first-order valence-electron chi connectivity index (χ1n) is 8.54. The second kappa shape index (κ2) is 5.28. The number of hydrogen-bond donors (Lipinski definition) is 1. The molecule has 0 aromatic heterocycles. The Labute approximate surface area is 126 Å². The van der Waals surface area contributed by atoms with Crippen molar-refractivity contribution in [2.45, 2.75) is 91.8 Å². The van der Waals surface area contributed by atoms with Gasteiger partial charge in [0.15, 0.2) is 0 Å². The monoisotopic (exact) mass is 280 g/mol. The van der Waals surface area contributed by atoms with E-state index in [4.69, 9.17) is 0 Å². The van der Waals surface area contributed by atoms with Gasteiger partial charge >= 0.3 is 0 Å². The highest BCUT2D eigenvalue weighted by Crippen LogP contribution is 2.47. The van der Waals surface area contributed by atoms with Crippen LogP contribution in [0.2, 0.25) is 0 Å². The Morgan fingerprint density at radius 2 is 1.55 bits per heavy atom. The minimum atomic E-state index is 0.261. The Bertz CT molecular complexity index is 327. The van der Waals surface area contributed by atoms with Gasteiger partial charge in [0.25, 0.3) is 0 Å². The van der Waals surface area contributed by atoms with Crippen molar-refractivity contribution >= 4 is 0 Å². The second-order valence-corrected chi connectivity index (χ2v) is 9.57. The molecule has 2 nitrogen and oxygen atoms in total. The number of nitrogens with zero attached hydrogens (tertiary/aromatic N) is 1. The van der Waals surface area contributed by atoms with Crippen LogP contribution in [0, 0.1) is 10.8 Å². The first-order chi connectivity index (χ1) is 9.04. The van der Waals surface area contributed by atoms with Crippen LogP contribution < -0.4 is 5.32 Å². The number of piperazine rings is 1.